The Bertz CT molecular complexity index is 754. The number of nitrogens with one attached hydrogen (secondary N) is 2. The Hall–Kier alpha value is -2.89. The maximum atomic E-state index is 12.4. The minimum Gasteiger partial charge on any atom is -0.320 e. The van der Waals surface area contributed by atoms with Gasteiger partial charge in [-0.25, -0.2) is 4.68 Å². The lowest BCUT2D eigenvalue weighted by molar-refractivity contribution is 0.102. The molecule has 0 saturated heterocycles. The van der Waals surface area contributed by atoms with Crippen LogP contribution in [0.1, 0.15) is 21.7 Å². The molecule has 0 aliphatic carbocycles. The van der Waals surface area contributed by atoms with E-state index in [0.29, 0.717) is 16.9 Å². The predicted molar refractivity (Wildman–Crippen MR) is 79.6 cm³/mol. The Balaban J connectivity index is 1.94. The van der Waals surface area contributed by atoms with Crippen LogP contribution in [0.5, 0.6) is 0 Å². The van der Waals surface area contributed by atoms with Gasteiger partial charge in [-0.1, -0.05) is 12.1 Å². The van der Waals surface area contributed by atoms with Gasteiger partial charge in [0.05, 0.1) is 22.6 Å². The summed E-state index contributed by atoms with van der Waals surface area (Å²) in [6.07, 6.45) is 3.53. The third kappa shape index (κ3) is 2.43. The van der Waals surface area contributed by atoms with Crippen molar-refractivity contribution in [3.63, 3.8) is 0 Å². The van der Waals surface area contributed by atoms with Gasteiger partial charge < -0.3 is 5.32 Å². The number of carbonyl (C=O) groups excluding carboxylic acids is 1. The minimum atomic E-state index is -0.182. The van der Waals surface area contributed by atoms with Gasteiger partial charge in [-0.2, -0.15) is 10.2 Å². The molecule has 2 aromatic heterocycles. The average Bonchev–Trinajstić information content (AvgIpc) is 3.10. The molecule has 0 aliphatic heterocycles. The Morgan fingerprint density at radius 1 is 1.24 bits per heavy atom. The Morgan fingerprint density at radius 3 is 2.71 bits per heavy atom. The highest BCUT2D eigenvalue weighted by Gasteiger charge is 2.16. The summed E-state index contributed by atoms with van der Waals surface area (Å²) in [6.45, 7) is 3.63. The minimum absolute atomic E-state index is 0.182. The first-order chi connectivity index (χ1) is 10.2. The van der Waals surface area contributed by atoms with Crippen LogP contribution < -0.4 is 5.32 Å². The van der Waals surface area contributed by atoms with E-state index in [1.165, 1.54) is 0 Å². The van der Waals surface area contributed by atoms with Crippen molar-refractivity contribution in [1.82, 2.24) is 20.0 Å². The molecule has 2 heterocycles. The van der Waals surface area contributed by atoms with E-state index in [0.717, 1.165) is 11.4 Å². The Kier molecular flexibility index (Phi) is 3.27. The standard InChI is InChI=1S/C15H15N5O/c1-10-14(11(2)19-18-10)15(21)17-12-6-3-4-7-13(12)20-9-5-8-16-20/h3-9H,1-2H3,(H,17,21)(H,18,19). The lowest BCUT2D eigenvalue weighted by Crippen LogP contribution is -2.15. The van der Waals surface area contributed by atoms with Crippen molar-refractivity contribution >= 4 is 11.6 Å². The molecular formula is C15H15N5O. The number of H-pyrrole nitrogens is 1. The molecular weight excluding hydrogens is 266 g/mol. The summed E-state index contributed by atoms with van der Waals surface area (Å²) in [5.41, 5.74) is 3.52. The molecule has 6 nitrogen and oxygen atoms in total. The second-order valence-corrected chi connectivity index (χ2v) is 4.73. The van der Waals surface area contributed by atoms with Gasteiger partial charge in [-0.05, 0) is 32.0 Å². The zero-order valence-electron chi connectivity index (χ0n) is 11.8. The molecule has 0 saturated carbocycles. The normalized spacial score (nSPS) is 10.6. The van der Waals surface area contributed by atoms with Crippen LogP contribution in [-0.2, 0) is 0 Å². The molecule has 21 heavy (non-hydrogen) atoms. The smallest absolute Gasteiger partial charge is 0.259 e. The van der Waals surface area contributed by atoms with E-state index in [9.17, 15) is 4.79 Å². The highest BCUT2D eigenvalue weighted by atomic mass is 16.1. The lowest BCUT2D eigenvalue weighted by atomic mass is 10.1. The van der Waals surface area contributed by atoms with Gasteiger partial charge in [0.1, 0.15) is 0 Å². The molecule has 1 amide bonds. The van der Waals surface area contributed by atoms with Crippen molar-refractivity contribution in [3.05, 3.63) is 59.7 Å². The summed E-state index contributed by atoms with van der Waals surface area (Å²) in [5, 5.41) is 14.0. The fourth-order valence-corrected chi connectivity index (χ4v) is 2.26. The van der Waals surface area contributed by atoms with E-state index in [-0.39, 0.29) is 5.91 Å². The molecule has 3 rings (SSSR count). The molecule has 0 aliphatic rings. The third-order valence-electron chi connectivity index (χ3n) is 3.26. The van der Waals surface area contributed by atoms with Crippen LogP contribution in [-0.4, -0.2) is 25.9 Å². The number of amides is 1. The number of rotatable bonds is 3. The van der Waals surface area contributed by atoms with Crippen LogP contribution in [0.2, 0.25) is 0 Å². The summed E-state index contributed by atoms with van der Waals surface area (Å²) in [7, 11) is 0. The molecule has 106 valence electrons. The summed E-state index contributed by atoms with van der Waals surface area (Å²) in [4.78, 5) is 12.4. The Morgan fingerprint density at radius 2 is 2.05 bits per heavy atom. The number of nitrogens with zero attached hydrogens (tertiary/aromatic N) is 3. The van der Waals surface area contributed by atoms with Gasteiger partial charge in [0.2, 0.25) is 0 Å². The molecule has 1 aromatic carbocycles. The van der Waals surface area contributed by atoms with Gasteiger partial charge in [0, 0.05) is 18.1 Å². The van der Waals surface area contributed by atoms with E-state index in [4.69, 9.17) is 0 Å². The molecule has 0 atom stereocenters. The fraction of sp³-hybridized carbons (Fsp3) is 0.133. The summed E-state index contributed by atoms with van der Waals surface area (Å²) < 4.78 is 1.71. The second kappa shape index (κ2) is 5.24. The van der Waals surface area contributed by atoms with Crippen molar-refractivity contribution in [3.8, 4) is 5.69 Å². The molecule has 0 spiro atoms. The molecule has 0 unspecified atom stereocenters. The SMILES string of the molecule is Cc1n[nH]c(C)c1C(=O)Nc1ccccc1-n1cccn1. The van der Waals surface area contributed by atoms with Gasteiger partial charge >= 0.3 is 0 Å². The van der Waals surface area contributed by atoms with Crippen molar-refractivity contribution in [1.29, 1.82) is 0 Å². The van der Waals surface area contributed by atoms with Crippen LogP contribution >= 0.6 is 0 Å². The molecule has 6 heteroatoms. The number of hydrogen-bond acceptors (Lipinski definition) is 3. The van der Waals surface area contributed by atoms with Crippen LogP contribution in [0.3, 0.4) is 0 Å². The highest BCUT2D eigenvalue weighted by Crippen LogP contribution is 2.21. The number of aryl methyl sites for hydroxylation is 2. The fourth-order valence-electron chi connectivity index (χ4n) is 2.26. The van der Waals surface area contributed by atoms with Crippen LogP contribution in [0.4, 0.5) is 5.69 Å². The van der Waals surface area contributed by atoms with Gasteiger partial charge in [-0.3, -0.25) is 9.89 Å². The Labute approximate surface area is 121 Å². The van der Waals surface area contributed by atoms with Crippen LogP contribution in [0.25, 0.3) is 5.69 Å². The van der Waals surface area contributed by atoms with Crippen molar-refractivity contribution in [2.45, 2.75) is 13.8 Å². The number of anilines is 1. The first kappa shape index (κ1) is 13.1. The molecule has 0 radical (unpaired) electrons. The van der Waals surface area contributed by atoms with E-state index < -0.39 is 0 Å². The van der Waals surface area contributed by atoms with E-state index in [2.05, 4.69) is 20.6 Å². The maximum absolute atomic E-state index is 12.4. The van der Waals surface area contributed by atoms with Crippen LogP contribution in [0, 0.1) is 13.8 Å². The highest BCUT2D eigenvalue weighted by molar-refractivity contribution is 6.06. The zero-order valence-corrected chi connectivity index (χ0v) is 11.8. The maximum Gasteiger partial charge on any atom is 0.259 e. The van der Waals surface area contributed by atoms with Crippen molar-refractivity contribution in [2.24, 2.45) is 0 Å². The molecule has 2 N–H and O–H groups in total. The predicted octanol–water partition coefficient (Wildman–Crippen LogP) is 2.46. The van der Waals surface area contributed by atoms with Gasteiger partial charge in [0.25, 0.3) is 5.91 Å². The molecule has 0 fully saturated rings. The summed E-state index contributed by atoms with van der Waals surface area (Å²) in [5.74, 6) is -0.182. The first-order valence-corrected chi connectivity index (χ1v) is 6.59. The molecule has 0 bridgehead atoms. The van der Waals surface area contributed by atoms with E-state index in [1.54, 1.807) is 17.8 Å². The van der Waals surface area contributed by atoms with Crippen LogP contribution in [0.15, 0.2) is 42.7 Å². The number of aromatic amines is 1. The monoisotopic (exact) mass is 281 g/mol. The summed E-state index contributed by atoms with van der Waals surface area (Å²) >= 11 is 0. The largest absolute Gasteiger partial charge is 0.320 e. The number of hydrogen-bond donors (Lipinski definition) is 2. The van der Waals surface area contributed by atoms with E-state index >= 15 is 0 Å². The topological polar surface area (TPSA) is 75.6 Å². The number of carbonyl (C=O) groups is 1. The summed E-state index contributed by atoms with van der Waals surface area (Å²) in [6, 6.07) is 9.36. The number of aromatic nitrogens is 4. The van der Waals surface area contributed by atoms with Crippen molar-refractivity contribution < 1.29 is 4.79 Å². The molecule has 3 aromatic rings. The quantitative estimate of drug-likeness (QED) is 0.774. The van der Waals surface area contributed by atoms with Crippen molar-refractivity contribution in [2.75, 3.05) is 5.32 Å². The van der Waals surface area contributed by atoms with E-state index in [1.807, 2.05) is 43.5 Å². The van der Waals surface area contributed by atoms with Gasteiger partial charge in [-0.15, -0.1) is 0 Å². The average molecular weight is 281 g/mol. The first-order valence-electron chi connectivity index (χ1n) is 6.59. The number of para-hydroxylation sites is 2. The lowest BCUT2D eigenvalue weighted by Gasteiger charge is -2.11. The van der Waals surface area contributed by atoms with Gasteiger partial charge in [0.15, 0.2) is 0 Å². The third-order valence-corrected chi connectivity index (χ3v) is 3.26. The number of benzene rings is 1. The zero-order chi connectivity index (χ0) is 14.8. The second-order valence-electron chi connectivity index (χ2n) is 4.73.